The van der Waals surface area contributed by atoms with E-state index in [2.05, 4.69) is 6.92 Å². The van der Waals surface area contributed by atoms with Gasteiger partial charge in [-0.25, -0.2) is 0 Å². The second-order valence-electron chi connectivity index (χ2n) is 8.48. The smallest absolute Gasteiger partial charge is 0.303 e. The van der Waals surface area contributed by atoms with Gasteiger partial charge in [0.25, 0.3) is 0 Å². The Labute approximate surface area is 211 Å². The summed E-state index contributed by atoms with van der Waals surface area (Å²) in [6.07, 6.45) is -1.12. The highest BCUT2D eigenvalue weighted by Crippen LogP contribution is 2.38. The Balaban J connectivity index is 1.61. The quantitative estimate of drug-likeness (QED) is 0.323. The van der Waals surface area contributed by atoms with Crippen LogP contribution in [0.5, 0.6) is 0 Å². The fraction of sp³-hybridized carbons (Fsp3) is 0.345. The predicted molar refractivity (Wildman–Crippen MR) is 137 cm³/mol. The van der Waals surface area contributed by atoms with E-state index < -0.39 is 18.3 Å². The molecule has 0 saturated carbocycles. The van der Waals surface area contributed by atoms with Gasteiger partial charge >= 0.3 is 5.97 Å². The number of thioether (sulfide) groups is 1. The summed E-state index contributed by atoms with van der Waals surface area (Å²) in [6.45, 7) is 4.26. The number of carbonyl (C=O) groups is 1. The van der Waals surface area contributed by atoms with Crippen molar-refractivity contribution < 1.29 is 23.7 Å². The lowest BCUT2D eigenvalue weighted by Crippen LogP contribution is -2.59. The first-order valence-corrected chi connectivity index (χ1v) is 12.9. The Hall–Kier alpha value is -2.64. The molecular weight excluding hydrogens is 460 g/mol. The molecule has 35 heavy (non-hydrogen) atoms. The number of benzene rings is 3. The molecule has 0 radical (unpaired) electrons. The van der Waals surface area contributed by atoms with Gasteiger partial charge < -0.3 is 18.9 Å². The third kappa shape index (κ3) is 7.18. The van der Waals surface area contributed by atoms with Gasteiger partial charge in [0.15, 0.2) is 6.10 Å². The molecule has 6 heteroatoms. The van der Waals surface area contributed by atoms with Crippen molar-refractivity contribution in [3.8, 4) is 0 Å². The maximum absolute atomic E-state index is 12.2. The van der Waals surface area contributed by atoms with E-state index in [1.807, 2.05) is 91.0 Å². The van der Waals surface area contributed by atoms with Gasteiger partial charge in [-0.1, -0.05) is 97.5 Å². The summed E-state index contributed by atoms with van der Waals surface area (Å²) in [7, 11) is 0. The highest BCUT2D eigenvalue weighted by atomic mass is 32.2. The minimum atomic E-state index is -0.611. The van der Waals surface area contributed by atoms with Crippen molar-refractivity contribution in [2.45, 2.75) is 68.2 Å². The van der Waals surface area contributed by atoms with Gasteiger partial charge in [0, 0.05) is 11.8 Å². The molecule has 5 atom stereocenters. The van der Waals surface area contributed by atoms with E-state index >= 15 is 0 Å². The number of hydrogen-bond acceptors (Lipinski definition) is 6. The van der Waals surface area contributed by atoms with Gasteiger partial charge in [-0.3, -0.25) is 4.79 Å². The number of ether oxygens (including phenoxy) is 4. The van der Waals surface area contributed by atoms with Gasteiger partial charge in [-0.2, -0.15) is 0 Å². The molecule has 0 aromatic heterocycles. The Morgan fingerprint density at radius 1 is 0.771 bits per heavy atom. The monoisotopic (exact) mass is 492 g/mol. The minimum Gasteiger partial charge on any atom is -0.457 e. The first kappa shape index (κ1) is 25.5. The fourth-order valence-corrected chi connectivity index (χ4v) is 5.32. The Kier molecular flexibility index (Phi) is 9.37. The molecule has 1 heterocycles. The Morgan fingerprint density at radius 2 is 1.29 bits per heavy atom. The third-order valence-corrected chi connectivity index (χ3v) is 7.02. The highest BCUT2D eigenvalue weighted by molar-refractivity contribution is 7.99. The van der Waals surface area contributed by atoms with Crippen molar-refractivity contribution in [2.75, 3.05) is 0 Å². The number of esters is 1. The van der Waals surface area contributed by atoms with Crippen molar-refractivity contribution in [3.05, 3.63) is 102 Å². The van der Waals surface area contributed by atoms with E-state index in [1.165, 1.54) is 6.92 Å². The number of hydrogen-bond donors (Lipinski definition) is 0. The second-order valence-corrected chi connectivity index (χ2v) is 9.65. The average molecular weight is 493 g/mol. The normalized spacial score (nSPS) is 24.1. The molecule has 2 unspecified atom stereocenters. The first-order chi connectivity index (χ1) is 17.1. The van der Waals surface area contributed by atoms with E-state index in [0.717, 1.165) is 16.0 Å². The van der Waals surface area contributed by atoms with Crippen LogP contribution in [0.4, 0.5) is 0 Å². The molecule has 4 rings (SSSR count). The summed E-state index contributed by atoms with van der Waals surface area (Å²) in [5, 5.41) is 0. The van der Waals surface area contributed by atoms with Crippen LogP contribution in [0.3, 0.4) is 0 Å². The molecule has 1 aliphatic rings. The Morgan fingerprint density at radius 3 is 1.80 bits per heavy atom. The third-order valence-electron chi connectivity index (χ3n) is 5.86. The molecule has 1 aliphatic heterocycles. The van der Waals surface area contributed by atoms with Crippen LogP contribution < -0.4 is 0 Å². The molecule has 3 aromatic carbocycles. The summed E-state index contributed by atoms with van der Waals surface area (Å²) in [5.74, 6) is -0.364. The van der Waals surface area contributed by atoms with Crippen molar-refractivity contribution in [1.82, 2.24) is 0 Å². The second kappa shape index (κ2) is 12.9. The zero-order chi connectivity index (χ0) is 24.5. The van der Waals surface area contributed by atoms with E-state index in [0.29, 0.717) is 19.6 Å². The lowest BCUT2D eigenvalue weighted by Gasteiger charge is -2.45. The summed E-state index contributed by atoms with van der Waals surface area (Å²) < 4.78 is 25.3. The number of carbonyl (C=O) groups excluding carboxylic acids is 1. The van der Waals surface area contributed by atoms with E-state index in [1.54, 1.807) is 11.8 Å². The molecule has 1 saturated heterocycles. The van der Waals surface area contributed by atoms with Crippen LogP contribution in [0.1, 0.15) is 31.4 Å². The lowest BCUT2D eigenvalue weighted by molar-refractivity contribution is -0.240. The fourth-order valence-electron chi connectivity index (χ4n) is 4.17. The first-order valence-electron chi connectivity index (χ1n) is 12.0. The van der Waals surface area contributed by atoms with E-state index in [9.17, 15) is 4.79 Å². The molecular formula is C29H32O5S. The summed E-state index contributed by atoms with van der Waals surface area (Å²) in [5.41, 5.74) is 1.72. The zero-order valence-electron chi connectivity index (χ0n) is 20.1. The lowest BCUT2D eigenvalue weighted by atomic mass is 9.97. The van der Waals surface area contributed by atoms with Crippen molar-refractivity contribution >= 4 is 17.7 Å². The van der Waals surface area contributed by atoms with Crippen molar-refractivity contribution in [3.63, 3.8) is 0 Å². The summed E-state index contributed by atoms with van der Waals surface area (Å²) in [4.78, 5) is 13.3. The van der Waals surface area contributed by atoms with Gasteiger partial charge in [0.05, 0.1) is 19.3 Å². The van der Waals surface area contributed by atoms with Crippen LogP contribution in [0.25, 0.3) is 0 Å². The molecule has 0 aliphatic carbocycles. The summed E-state index contributed by atoms with van der Waals surface area (Å²) >= 11 is 1.58. The molecule has 0 spiro atoms. The summed E-state index contributed by atoms with van der Waals surface area (Å²) in [6, 6.07) is 30.0. The van der Waals surface area contributed by atoms with E-state index in [-0.39, 0.29) is 17.5 Å². The number of rotatable bonds is 10. The minimum absolute atomic E-state index is 0.249. The van der Waals surface area contributed by atoms with Crippen molar-refractivity contribution in [1.29, 1.82) is 0 Å². The van der Waals surface area contributed by atoms with Crippen LogP contribution in [-0.4, -0.2) is 35.8 Å². The van der Waals surface area contributed by atoms with Crippen molar-refractivity contribution in [2.24, 2.45) is 0 Å². The van der Waals surface area contributed by atoms with Crippen LogP contribution in [0, 0.1) is 0 Å². The largest absolute Gasteiger partial charge is 0.457 e. The van der Waals surface area contributed by atoms with Crippen LogP contribution in [-0.2, 0) is 37.0 Å². The molecule has 1 fully saturated rings. The zero-order valence-corrected chi connectivity index (χ0v) is 20.9. The Bertz CT molecular complexity index is 1030. The van der Waals surface area contributed by atoms with Crippen LogP contribution in [0.2, 0.25) is 0 Å². The SMILES string of the molecule is CCC1O[C@H](Sc2ccccc2)C(OCc2ccccc2)[C@@H](OC(C)=O)[C@@H]1OCc1ccccc1. The maximum atomic E-state index is 12.2. The highest BCUT2D eigenvalue weighted by Gasteiger charge is 2.49. The predicted octanol–water partition coefficient (Wildman–Crippen LogP) is 6.02. The van der Waals surface area contributed by atoms with E-state index in [4.69, 9.17) is 18.9 Å². The molecule has 184 valence electrons. The molecule has 3 aromatic rings. The van der Waals surface area contributed by atoms with Crippen LogP contribution >= 0.6 is 11.8 Å². The van der Waals surface area contributed by atoms with Gasteiger partial charge in [-0.15, -0.1) is 0 Å². The van der Waals surface area contributed by atoms with Gasteiger partial charge in [-0.05, 0) is 29.7 Å². The van der Waals surface area contributed by atoms with Gasteiger partial charge in [0.2, 0.25) is 0 Å². The molecule has 0 N–H and O–H groups in total. The average Bonchev–Trinajstić information content (AvgIpc) is 2.89. The molecule has 0 bridgehead atoms. The molecule has 0 amide bonds. The maximum Gasteiger partial charge on any atom is 0.303 e. The topological polar surface area (TPSA) is 54.0 Å². The molecule has 5 nitrogen and oxygen atoms in total. The van der Waals surface area contributed by atoms with Gasteiger partial charge in [0.1, 0.15) is 17.6 Å². The van der Waals surface area contributed by atoms with Crippen LogP contribution in [0.15, 0.2) is 95.9 Å². The standard InChI is InChI=1S/C29H32O5S/c1-3-25-26(31-19-22-13-7-4-8-14-22)27(33-21(2)30)28(32-20-23-15-9-5-10-16-23)29(34-25)35-24-17-11-6-12-18-24/h4-18,25-29H,3,19-20H2,1-2H3/t25?,26-,27+,28?,29-/m1/s1.